The van der Waals surface area contributed by atoms with Crippen molar-refractivity contribution in [1.29, 1.82) is 0 Å². The highest BCUT2D eigenvalue weighted by atomic mass is 79.9. The molecule has 0 saturated heterocycles. The first-order chi connectivity index (χ1) is 8.13. The number of hydrogen-bond donors (Lipinski definition) is 1. The van der Waals surface area contributed by atoms with E-state index in [-0.39, 0.29) is 18.3 Å². The summed E-state index contributed by atoms with van der Waals surface area (Å²) in [6.07, 6.45) is 1.39. The Labute approximate surface area is 106 Å². The summed E-state index contributed by atoms with van der Waals surface area (Å²) >= 11 is 3.31. The molecule has 4 nitrogen and oxygen atoms in total. The molecule has 0 radical (unpaired) electrons. The van der Waals surface area contributed by atoms with Gasteiger partial charge in [-0.2, -0.15) is 0 Å². The maximum absolute atomic E-state index is 14.2. The molecule has 2 aromatic rings. The van der Waals surface area contributed by atoms with Gasteiger partial charge in [-0.1, -0.05) is 21.1 Å². The molecule has 2 N–H and O–H groups in total. The molecular weight excluding hydrogens is 291 g/mol. The third-order valence-electron chi connectivity index (χ3n) is 2.30. The lowest BCUT2D eigenvalue weighted by Crippen LogP contribution is -1.97. The van der Waals surface area contributed by atoms with Crippen molar-refractivity contribution >= 4 is 21.8 Å². The van der Waals surface area contributed by atoms with E-state index < -0.39 is 0 Å². The van der Waals surface area contributed by atoms with Crippen molar-refractivity contribution in [2.75, 3.05) is 12.8 Å². The Bertz CT molecular complexity index is 542. The molecule has 0 aliphatic carbocycles. The zero-order valence-corrected chi connectivity index (χ0v) is 10.6. The molecule has 1 aromatic carbocycles. The van der Waals surface area contributed by atoms with Gasteiger partial charge in [0.25, 0.3) is 0 Å². The van der Waals surface area contributed by atoms with Crippen molar-refractivity contribution in [3.63, 3.8) is 0 Å². The Hall–Kier alpha value is -1.40. The maximum Gasteiger partial charge on any atom is 0.230 e. The summed E-state index contributed by atoms with van der Waals surface area (Å²) in [6, 6.07) is 3.28. The number of benzene rings is 1. The van der Waals surface area contributed by atoms with Crippen LogP contribution in [-0.2, 0) is 11.3 Å². The smallest absolute Gasteiger partial charge is 0.230 e. The number of halogens is 2. The van der Waals surface area contributed by atoms with Crippen LogP contribution in [0.4, 0.5) is 10.3 Å². The molecule has 6 heteroatoms. The first-order valence-corrected chi connectivity index (χ1v) is 5.60. The molecule has 0 bridgehead atoms. The second-order valence-corrected chi connectivity index (χ2v) is 4.38. The summed E-state index contributed by atoms with van der Waals surface area (Å²) in [7, 11) is 1.51. The van der Waals surface area contributed by atoms with E-state index in [9.17, 15) is 4.39 Å². The fourth-order valence-corrected chi connectivity index (χ4v) is 2.06. The minimum atomic E-state index is -0.384. The number of nitrogens with zero attached hydrogens (tertiary/aromatic N) is 1. The van der Waals surface area contributed by atoms with Gasteiger partial charge in [0.15, 0.2) is 0 Å². The normalized spacial score (nSPS) is 10.8. The van der Waals surface area contributed by atoms with E-state index in [0.717, 1.165) is 4.47 Å². The van der Waals surface area contributed by atoms with E-state index in [1.165, 1.54) is 13.3 Å². The number of aromatic nitrogens is 1. The van der Waals surface area contributed by atoms with Crippen LogP contribution < -0.4 is 5.73 Å². The van der Waals surface area contributed by atoms with Gasteiger partial charge >= 0.3 is 0 Å². The van der Waals surface area contributed by atoms with Crippen molar-refractivity contribution in [2.45, 2.75) is 6.61 Å². The number of hydrogen-bond acceptors (Lipinski definition) is 4. The Morgan fingerprint density at radius 1 is 1.47 bits per heavy atom. The van der Waals surface area contributed by atoms with Gasteiger partial charge in [0, 0.05) is 22.7 Å². The number of rotatable bonds is 3. The molecule has 1 heterocycles. The summed E-state index contributed by atoms with van der Waals surface area (Å²) in [5, 5.41) is 3.53. The van der Waals surface area contributed by atoms with E-state index in [0.29, 0.717) is 16.7 Å². The van der Waals surface area contributed by atoms with Crippen molar-refractivity contribution < 1.29 is 13.7 Å². The second-order valence-electron chi connectivity index (χ2n) is 3.46. The van der Waals surface area contributed by atoms with E-state index in [2.05, 4.69) is 21.1 Å². The van der Waals surface area contributed by atoms with Crippen molar-refractivity contribution in [3.05, 3.63) is 34.2 Å². The van der Waals surface area contributed by atoms with Crippen LogP contribution in [0.15, 0.2) is 27.3 Å². The molecule has 90 valence electrons. The van der Waals surface area contributed by atoms with Gasteiger partial charge in [0.1, 0.15) is 5.82 Å². The zero-order valence-electron chi connectivity index (χ0n) is 9.04. The summed E-state index contributed by atoms with van der Waals surface area (Å²) in [4.78, 5) is 0. The molecular formula is C11H10BrFN2O2. The highest BCUT2D eigenvalue weighted by Gasteiger charge is 2.16. The van der Waals surface area contributed by atoms with Gasteiger partial charge in [-0.25, -0.2) is 4.39 Å². The Kier molecular flexibility index (Phi) is 3.44. The number of nitrogens with two attached hydrogens (primary N) is 1. The molecule has 17 heavy (non-hydrogen) atoms. The lowest BCUT2D eigenvalue weighted by atomic mass is 10.0. The van der Waals surface area contributed by atoms with Gasteiger partial charge < -0.3 is 15.0 Å². The number of methoxy groups -OCH3 is 1. The largest absolute Gasteiger partial charge is 0.380 e. The summed E-state index contributed by atoms with van der Waals surface area (Å²) in [6.45, 7) is 0.184. The Balaban J connectivity index is 2.58. The molecule has 0 spiro atoms. The summed E-state index contributed by atoms with van der Waals surface area (Å²) in [5.74, 6) is -0.296. The van der Waals surface area contributed by atoms with Gasteiger partial charge in [-0.05, 0) is 12.1 Å². The van der Waals surface area contributed by atoms with Crippen LogP contribution in [0.1, 0.15) is 5.56 Å². The average Bonchev–Trinajstić information content (AvgIpc) is 2.70. The Morgan fingerprint density at radius 3 is 2.82 bits per heavy atom. The summed E-state index contributed by atoms with van der Waals surface area (Å²) in [5.41, 5.74) is 6.79. The average molecular weight is 301 g/mol. The van der Waals surface area contributed by atoms with Crippen molar-refractivity contribution in [1.82, 2.24) is 5.16 Å². The van der Waals surface area contributed by atoms with E-state index in [1.54, 1.807) is 12.1 Å². The molecule has 0 aliphatic heterocycles. The van der Waals surface area contributed by atoms with Crippen molar-refractivity contribution in [2.24, 2.45) is 0 Å². The van der Waals surface area contributed by atoms with Gasteiger partial charge in [0.05, 0.1) is 18.4 Å². The lowest BCUT2D eigenvalue weighted by Gasteiger charge is -2.08. The van der Waals surface area contributed by atoms with E-state index >= 15 is 0 Å². The third-order valence-corrected chi connectivity index (χ3v) is 2.76. The standard InChI is InChI=1S/C11H10BrFN2O2/c1-16-5-6-2-7(12)3-8(10(6)13)9-4-15-17-11(9)14/h2-4H,5,14H2,1H3. The predicted molar refractivity (Wildman–Crippen MR) is 64.7 cm³/mol. The topological polar surface area (TPSA) is 61.3 Å². The first kappa shape index (κ1) is 12.1. The van der Waals surface area contributed by atoms with Gasteiger partial charge in [-0.3, -0.25) is 0 Å². The van der Waals surface area contributed by atoms with Crippen LogP contribution in [0.2, 0.25) is 0 Å². The van der Waals surface area contributed by atoms with Crippen LogP contribution >= 0.6 is 15.9 Å². The fraction of sp³-hybridized carbons (Fsp3) is 0.182. The van der Waals surface area contributed by atoms with Crippen LogP contribution in [0, 0.1) is 5.82 Å². The monoisotopic (exact) mass is 300 g/mol. The van der Waals surface area contributed by atoms with Gasteiger partial charge in [0.2, 0.25) is 5.88 Å². The quantitative estimate of drug-likeness (QED) is 0.946. The van der Waals surface area contributed by atoms with Gasteiger partial charge in [-0.15, -0.1) is 0 Å². The summed E-state index contributed by atoms with van der Waals surface area (Å²) < 4.78 is 24.6. The molecule has 1 aromatic heterocycles. The highest BCUT2D eigenvalue weighted by molar-refractivity contribution is 9.10. The van der Waals surface area contributed by atoms with Crippen LogP contribution in [0.5, 0.6) is 0 Å². The molecule has 0 saturated carbocycles. The molecule has 0 fully saturated rings. The molecule has 0 atom stereocenters. The minimum Gasteiger partial charge on any atom is -0.380 e. The zero-order chi connectivity index (χ0) is 12.4. The Morgan fingerprint density at radius 2 is 2.24 bits per heavy atom. The fourth-order valence-electron chi connectivity index (χ4n) is 1.55. The predicted octanol–water partition coefficient (Wildman–Crippen LogP) is 2.97. The molecule has 0 amide bonds. The number of ether oxygens (including phenoxy) is 1. The molecule has 0 unspecified atom stereocenters. The second kappa shape index (κ2) is 4.85. The van der Waals surface area contributed by atoms with Crippen LogP contribution in [0.25, 0.3) is 11.1 Å². The number of nitrogen functional groups attached to an aromatic ring is 1. The van der Waals surface area contributed by atoms with Crippen LogP contribution in [0.3, 0.4) is 0 Å². The van der Waals surface area contributed by atoms with Crippen LogP contribution in [-0.4, -0.2) is 12.3 Å². The molecule has 2 rings (SSSR count). The molecule has 0 aliphatic rings. The van der Waals surface area contributed by atoms with E-state index in [1.807, 2.05) is 0 Å². The van der Waals surface area contributed by atoms with Crippen molar-refractivity contribution in [3.8, 4) is 11.1 Å². The minimum absolute atomic E-state index is 0.0883. The first-order valence-electron chi connectivity index (χ1n) is 4.81. The lowest BCUT2D eigenvalue weighted by molar-refractivity contribution is 0.181. The number of anilines is 1. The van der Waals surface area contributed by atoms with E-state index in [4.69, 9.17) is 15.0 Å². The highest BCUT2D eigenvalue weighted by Crippen LogP contribution is 2.32. The SMILES string of the molecule is COCc1cc(Br)cc(-c2cnoc2N)c1F. The maximum atomic E-state index is 14.2. The third kappa shape index (κ3) is 2.32.